The molecule has 0 aromatic heterocycles. The Morgan fingerprint density at radius 1 is 1.30 bits per heavy atom. The van der Waals surface area contributed by atoms with Crippen molar-refractivity contribution >= 4 is 5.91 Å². The normalized spacial score (nSPS) is 22.1. The summed E-state index contributed by atoms with van der Waals surface area (Å²) in [6, 6.07) is 7.81. The van der Waals surface area contributed by atoms with E-state index in [1.807, 2.05) is 29.2 Å². The molecular formula is C17H22N2O. The number of carbonyl (C=O) groups is 1. The van der Waals surface area contributed by atoms with Crippen molar-refractivity contribution in [1.82, 2.24) is 4.90 Å². The van der Waals surface area contributed by atoms with Gasteiger partial charge in [-0.2, -0.15) is 0 Å². The summed E-state index contributed by atoms with van der Waals surface area (Å²) < 4.78 is 0. The molecule has 2 atom stereocenters. The van der Waals surface area contributed by atoms with Crippen LogP contribution in [0.4, 0.5) is 0 Å². The third-order valence-electron chi connectivity index (χ3n) is 3.85. The summed E-state index contributed by atoms with van der Waals surface area (Å²) in [4.78, 5) is 14.5. The first kappa shape index (κ1) is 14.6. The Morgan fingerprint density at radius 2 is 2.00 bits per heavy atom. The van der Waals surface area contributed by atoms with Crippen molar-refractivity contribution in [3.63, 3.8) is 0 Å². The van der Waals surface area contributed by atoms with Crippen molar-refractivity contribution in [2.24, 2.45) is 11.7 Å². The molecule has 2 unspecified atom stereocenters. The van der Waals surface area contributed by atoms with Gasteiger partial charge in [-0.1, -0.05) is 18.8 Å². The molecule has 20 heavy (non-hydrogen) atoms. The number of amides is 1. The second-order valence-electron chi connectivity index (χ2n) is 5.57. The van der Waals surface area contributed by atoms with Crippen LogP contribution in [0.1, 0.15) is 42.6 Å². The van der Waals surface area contributed by atoms with Crippen LogP contribution in [0.5, 0.6) is 0 Å². The van der Waals surface area contributed by atoms with Crippen LogP contribution in [0.3, 0.4) is 0 Å². The highest BCUT2D eigenvalue weighted by molar-refractivity contribution is 5.94. The second kappa shape index (κ2) is 6.58. The van der Waals surface area contributed by atoms with E-state index in [9.17, 15) is 4.79 Å². The first-order valence-corrected chi connectivity index (χ1v) is 7.21. The van der Waals surface area contributed by atoms with Crippen LogP contribution >= 0.6 is 0 Å². The first-order chi connectivity index (χ1) is 9.61. The Balaban J connectivity index is 2.12. The summed E-state index contributed by atoms with van der Waals surface area (Å²) in [5.41, 5.74) is 6.98. The number of carbonyl (C=O) groups excluding carboxylic acids is 1. The number of hydrogen-bond donors (Lipinski definition) is 1. The van der Waals surface area contributed by atoms with Gasteiger partial charge in [-0.3, -0.25) is 4.79 Å². The molecule has 0 spiro atoms. The van der Waals surface area contributed by atoms with Crippen molar-refractivity contribution in [2.45, 2.75) is 32.7 Å². The van der Waals surface area contributed by atoms with Crippen LogP contribution in [0, 0.1) is 17.8 Å². The van der Waals surface area contributed by atoms with E-state index in [4.69, 9.17) is 5.73 Å². The molecule has 1 aliphatic heterocycles. The largest absolute Gasteiger partial charge is 0.336 e. The first-order valence-electron chi connectivity index (χ1n) is 7.21. The Bertz CT molecular complexity index is 524. The van der Waals surface area contributed by atoms with E-state index >= 15 is 0 Å². The molecule has 1 amide bonds. The average molecular weight is 270 g/mol. The van der Waals surface area contributed by atoms with Crippen molar-refractivity contribution in [3.05, 3.63) is 35.4 Å². The van der Waals surface area contributed by atoms with Gasteiger partial charge in [0.2, 0.25) is 0 Å². The molecule has 0 aliphatic carbocycles. The van der Waals surface area contributed by atoms with Crippen molar-refractivity contribution in [2.75, 3.05) is 13.1 Å². The molecular weight excluding hydrogens is 248 g/mol. The van der Waals surface area contributed by atoms with E-state index in [2.05, 4.69) is 25.7 Å². The van der Waals surface area contributed by atoms with E-state index in [1.165, 1.54) is 6.42 Å². The van der Waals surface area contributed by atoms with Gasteiger partial charge < -0.3 is 10.6 Å². The fourth-order valence-corrected chi connectivity index (χ4v) is 2.59. The highest BCUT2D eigenvalue weighted by atomic mass is 16.2. The minimum Gasteiger partial charge on any atom is -0.336 e. The fraction of sp³-hybridized carbons (Fsp3) is 0.471. The van der Waals surface area contributed by atoms with E-state index < -0.39 is 0 Å². The van der Waals surface area contributed by atoms with Crippen LogP contribution in [0.15, 0.2) is 24.3 Å². The molecule has 0 bridgehead atoms. The van der Waals surface area contributed by atoms with Gasteiger partial charge in [0.05, 0.1) is 6.54 Å². The summed E-state index contributed by atoms with van der Waals surface area (Å²) in [7, 11) is 0. The maximum Gasteiger partial charge on any atom is 0.254 e. The average Bonchev–Trinajstić information content (AvgIpc) is 2.47. The maximum atomic E-state index is 12.6. The van der Waals surface area contributed by atoms with Gasteiger partial charge in [-0.15, -0.1) is 0 Å². The SMILES string of the molecule is CC1CCC(C)N(C(=O)c2ccc(C#CCN)cc2)C1. The lowest BCUT2D eigenvalue weighted by Gasteiger charge is -2.36. The molecule has 0 saturated carbocycles. The predicted molar refractivity (Wildman–Crippen MR) is 81.3 cm³/mol. The zero-order valence-electron chi connectivity index (χ0n) is 12.2. The van der Waals surface area contributed by atoms with Crippen LogP contribution < -0.4 is 5.73 Å². The summed E-state index contributed by atoms with van der Waals surface area (Å²) >= 11 is 0. The molecule has 3 nitrogen and oxygen atoms in total. The van der Waals surface area contributed by atoms with Gasteiger partial charge in [0, 0.05) is 23.7 Å². The Hall–Kier alpha value is -1.79. The van der Waals surface area contributed by atoms with Crippen LogP contribution in [0.2, 0.25) is 0 Å². The molecule has 1 aliphatic rings. The topological polar surface area (TPSA) is 46.3 Å². The molecule has 106 valence electrons. The Labute approximate surface area is 121 Å². The van der Waals surface area contributed by atoms with Crippen molar-refractivity contribution < 1.29 is 4.79 Å². The summed E-state index contributed by atoms with van der Waals surface area (Å²) in [6.45, 7) is 5.54. The Kier molecular flexibility index (Phi) is 4.81. The maximum absolute atomic E-state index is 12.6. The van der Waals surface area contributed by atoms with Gasteiger partial charge in [0.25, 0.3) is 5.91 Å². The van der Waals surface area contributed by atoms with E-state index in [0.29, 0.717) is 18.5 Å². The zero-order valence-corrected chi connectivity index (χ0v) is 12.2. The fourth-order valence-electron chi connectivity index (χ4n) is 2.59. The predicted octanol–water partition coefficient (Wildman–Crippen LogP) is 2.26. The van der Waals surface area contributed by atoms with Gasteiger partial charge in [0.1, 0.15) is 0 Å². The number of nitrogens with two attached hydrogens (primary N) is 1. The molecule has 1 aromatic carbocycles. The smallest absolute Gasteiger partial charge is 0.254 e. The zero-order chi connectivity index (χ0) is 14.5. The van der Waals surface area contributed by atoms with Crippen molar-refractivity contribution in [1.29, 1.82) is 0 Å². The highest BCUT2D eigenvalue weighted by Crippen LogP contribution is 2.23. The molecule has 2 rings (SSSR count). The molecule has 2 N–H and O–H groups in total. The number of benzene rings is 1. The van der Waals surface area contributed by atoms with Gasteiger partial charge in [-0.25, -0.2) is 0 Å². The number of likely N-dealkylation sites (tertiary alicyclic amines) is 1. The lowest BCUT2D eigenvalue weighted by atomic mass is 9.94. The van der Waals surface area contributed by atoms with Gasteiger partial charge >= 0.3 is 0 Å². The van der Waals surface area contributed by atoms with Crippen LogP contribution in [-0.2, 0) is 0 Å². The van der Waals surface area contributed by atoms with E-state index in [-0.39, 0.29) is 5.91 Å². The second-order valence-corrected chi connectivity index (χ2v) is 5.57. The summed E-state index contributed by atoms with van der Waals surface area (Å²) in [5.74, 6) is 6.49. The third kappa shape index (κ3) is 3.40. The third-order valence-corrected chi connectivity index (χ3v) is 3.85. The Morgan fingerprint density at radius 3 is 2.65 bits per heavy atom. The van der Waals surface area contributed by atoms with Gasteiger partial charge in [0.15, 0.2) is 0 Å². The lowest BCUT2D eigenvalue weighted by molar-refractivity contribution is 0.0574. The summed E-state index contributed by atoms with van der Waals surface area (Å²) in [5, 5.41) is 0. The molecule has 1 heterocycles. The van der Waals surface area contributed by atoms with Crippen LogP contribution in [0.25, 0.3) is 0 Å². The highest BCUT2D eigenvalue weighted by Gasteiger charge is 2.27. The minimum atomic E-state index is 0.127. The summed E-state index contributed by atoms with van der Waals surface area (Å²) in [6.07, 6.45) is 2.30. The van der Waals surface area contributed by atoms with Gasteiger partial charge in [-0.05, 0) is 49.9 Å². The molecule has 1 aromatic rings. The number of nitrogens with zero attached hydrogens (tertiary/aromatic N) is 1. The monoisotopic (exact) mass is 270 g/mol. The standard InChI is InChI=1S/C17H22N2O/c1-13-5-6-14(2)19(12-13)17(20)16-9-7-15(8-10-16)4-3-11-18/h7-10,13-14H,5-6,11-12,18H2,1-2H3. The molecule has 1 fully saturated rings. The number of hydrogen-bond acceptors (Lipinski definition) is 2. The van der Waals surface area contributed by atoms with E-state index in [0.717, 1.165) is 24.1 Å². The number of rotatable bonds is 1. The number of piperidine rings is 1. The van der Waals surface area contributed by atoms with Crippen LogP contribution in [-0.4, -0.2) is 29.9 Å². The molecule has 3 heteroatoms. The van der Waals surface area contributed by atoms with Crippen molar-refractivity contribution in [3.8, 4) is 11.8 Å². The quantitative estimate of drug-likeness (QED) is 0.796. The minimum absolute atomic E-state index is 0.127. The molecule has 0 radical (unpaired) electrons. The lowest BCUT2D eigenvalue weighted by Crippen LogP contribution is -2.44. The van der Waals surface area contributed by atoms with E-state index in [1.54, 1.807) is 0 Å². The molecule has 1 saturated heterocycles.